The molecule has 2 aromatic rings. The fourth-order valence-electron chi connectivity index (χ4n) is 3.48. The molecule has 0 aliphatic carbocycles. The number of carbonyl (C=O) groups is 1. The molecular weight excluding hydrogens is 399 g/mol. The Morgan fingerprint density at radius 1 is 1.07 bits per heavy atom. The number of halogens is 3. The zero-order chi connectivity index (χ0) is 21.7. The summed E-state index contributed by atoms with van der Waals surface area (Å²) >= 11 is 0. The number of alkyl halides is 3. The highest BCUT2D eigenvalue weighted by molar-refractivity contribution is 5.77. The molecule has 1 fully saturated rings. The first-order chi connectivity index (χ1) is 14.3. The summed E-state index contributed by atoms with van der Waals surface area (Å²) in [5.41, 5.74) is 0.130. The van der Waals surface area contributed by atoms with E-state index in [1.54, 1.807) is 25.2 Å². The Bertz CT molecular complexity index is 864. The number of rotatable bonds is 6. The molecule has 1 aliphatic rings. The predicted octanol–water partition coefficient (Wildman–Crippen LogP) is 3.40. The number of aromatic nitrogens is 1. The molecule has 0 atom stereocenters. The highest BCUT2D eigenvalue weighted by atomic mass is 19.4. The standard InChI is InChI=1S/C21H24F3N3O3/c1-29-17-5-3-4-15(20(17)30-2)6-9-19(28)27-12-10-26(11-13-27)18-8-7-16(14-25-18)21(22,23)24/h3-5,7-8,14H,6,9-13H2,1-2H3. The Labute approximate surface area is 173 Å². The molecule has 162 valence electrons. The molecular formula is C21H24F3N3O3. The lowest BCUT2D eigenvalue weighted by molar-refractivity contribution is -0.137. The number of piperazine rings is 1. The maximum Gasteiger partial charge on any atom is 0.417 e. The Morgan fingerprint density at radius 2 is 1.80 bits per heavy atom. The van der Waals surface area contributed by atoms with Crippen molar-refractivity contribution in [2.24, 2.45) is 0 Å². The topological polar surface area (TPSA) is 54.9 Å². The van der Waals surface area contributed by atoms with Crippen molar-refractivity contribution in [3.05, 3.63) is 47.7 Å². The van der Waals surface area contributed by atoms with Crippen molar-refractivity contribution in [3.8, 4) is 11.5 Å². The Morgan fingerprint density at radius 3 is 2.37 bits per heavy atom. The van der Waals surface area contributed by atoms with E-state index in [1.807, 2.05) is 17.0 Å². The number of hydrogen-bond donors (Lipinski definition) is 0. The van der Waals surface area contributed by atoms with Crippen LogP contribution in [-0.4, -0.2) is 56.2 Å². The van der Waals surface area contributed by atoms with Crippen LogP contribution in [0, 0.1) is 0 Å². The van der Waals surface area contributed by atoms with Crippen molar-refractivity contribution in [2.75, 3.05) is 45.3 Å². The van der Waals surface area contributed by atoms with Gasteiger partial charge in [0.05, 0.1) is 19.8 Å². The fraction of sp³-hybridized carbons (Fsp3) is 0.429. The molecule has 1 aromatic heterocycles. The molecule has 0 unspecified atom stereocenters. The van der Waals surface area contributed by atoms with Gasteiger partial charge in [0, 0.05) is 38.8 Å². The summed E-state index contributed by atoms with van der Waals surface area (Å²) < 4.78 is 48.7. The largest absolute Gasteiger partial charge is 0.493 e. The third kappa shape index (κ3) is 4.95. The van der Waals surface area contributed by atoms with Crippen LogP contribution in [0.5, 0.6) is 11.5 Å². The van der Waals surface area contributed by atoms with E-state index >= 15 is 0 Å². The summed E-state index contributed by atoms with van der Waals surface area (Å²) in [7, 11) is 3.13. The molecule has 0 spiro atoms. The van der Waals surface area contributed by atoms with Crippen LogP contribution >= 0.6 is 0 Å². The number of nitrogens with zero attached hydrogens (tertiary/aromatic N) is 3. The van der Waals surface area contributed by atoms with E-state index in [2.05, 4.69) is 4.98 Å². The molecule has 30 heavy (non-hydrogen) atoms. The smallest absolute Gasteiger partial charge is 0.417 e. The van der Waals surface area contributed by atoms with Crippen LogP contribution in [0.3, 0.4) is 0 Å². The maximum atomic E-state index is 12.7. The van der Waals surface area contributed by atoms with Gasteiger partial charge in [0.1, 0.15) is 5.82 Å². The summed E-state index contributed by atoms with van der Waals surface area (Å²) in [5, 5.41) is 0. The first-order valence-electron chi connectivity index (χ1n) is 9.59. The van der Waals surface area contributed by atoms with Gasteiger partial charge in [0.15, 0.2) is 11.5 Å². The second kappa shape index (κ2) is 9.23. The van der Waals surface area contributed by atoms with E-state index in [0.717, 1.165) is 17.8 Å². The quantitative estimate of drug-likeness (QED) is 0.713. The van der Waals surface area contributed by atoms with Crippen molar-refractivity contribution in [3.63, 3.8) is 0 Å². The third-order valence-corrected chi connectivity index (χ3v) is 5.12. The van der Waals surface area contributed by atoms with Crippen molar-refractivity contribution in [2.45, 2.75) is 19.0 Å². The van der Waals surface area contributed by atoms with E-state index in [9.17, 15) is 18.0 Å². The van der Waals surface area contributed by atoms with Crippen LogP contribution in [0.15, 0.2) is 36.5 Å². The monoisotopic (exact) mass is 423 g/mol. The lowest BCUT2D eigenvalue weighted by Gasteiger charge is -2.35. The van der Waals surface area contributed by atoms with Crippen molar-refractivity contribution >= 4 is 11.7 Å². The summed E-state index contributed by atoms with van der Waals surface area (Å²) in [5.74, 6) is 1.77. The van der Waals surface area contributed by atoms with Crippen LogP contribution in [0.1, 0.15) is 17.5 Å². The van der Waals surface area contributed by atoms with Gasteiger partial charge in [0.2, 0.25) is 5.91 Å². The minimum absolute atomic E-state index is 0.0277. The lowest BCUT2D eigenvalue weighted by Crippen LogP contribution is -2.49. The molecule has 3 rings (SSSR count). The summed E-state index contributed by atoms with van der Waals surface area (Å²) in [6, 6.07) is 7.97. The molecule has 0 saturated carbocycles. The second-order valence-electron chi connectivity index (χ2n) is 6.92. The summed E-state index contributed by atoms with van der Waals surface area (Å²) in [6.45, 7) is 2.03. The van der Waals surface area contributed by atoms with E-state index in [0.29, 0.717) is 56.3 Å². The average Bonchev–Trinajstić information content (AvgIpc) is 2.76. The molecule has 1 amide bonds. The van der Waals surface area contributed by atoms with Crippen molar-refractivity contribution < 1.29 is 27.4 Å². The minimum Gasteiger partial charge on any atom is -0.493 e. The first-order valence-corrected chi connectivity index (χ1v) is 9.59. The van der Waals surface area contributed by atoms with Gasteiger partial charge in [0.25, 0.3) is 0 Å². The number of benzene rings is 1. The normalized spacial score (nSPS) is 14.6. The van der Waals surface area contributed by atoms with E-state index in [1.165, 1.54) is 6.07 Å². The lowest BCUT2D eigenvalue weighted by atomic mass is 10.1. The molecule has 2 heterocycles. The number of anilines is 1. The number of hydrogen-bond acceptors (Lipinski definition) is 5. The Kier molecular flexibility index (Phi) is 6.69. The molecule has 1 saturated heterocycles. The highest BCUT2D eigenvalue weighted by Crippen LogP contribution is 2.32. The van der Waals surface area contributed by atoms with Crippen LogP contribution in [0.4, 0.5) is 19.0 Å². The van der Waals surface area contributed by atoms with Gasteiger partial charge < -0.3 is 19.3 Å². The van der Waals surface area contributed by atoms with Crippen LogP contribution < -0.4 is 14.4 Å². The van der Waals surface area contributed by atoms with Gasteiger partial charge in [-0.3, -0.25) is 4.79 Å². The van der Waals surface area contributed by atoms with Gasteiger partial charge in [-0.2, -0.15) is 13.2 Å². The molecule has 6 nitrogen and oxygen atoms in total. The molecule has 0 N–H and O–H groups in total. The molecule has 0 bridgehead atoms. The maximum absolute atomic E-state index is 12.7. The zero-order valence-electron chi connectivity index (χ0n) is 16.9. The SMILES string of the molecule is COc1cccc(CCC(=O)N2CCN(c3ccc(C(F)(F)F)cn3)CC2)c1OC. The van der Waals surface area contributed by atoms with Gasteiger partial charge >= 0.3 is 6.18 Å². The van der Waals surface area contributed by atoms with Crippen LogP contribution in [-0.2, 0) is 17.4 Å². The van der Waals surface area contributed by atoms with Crippen LogP contribution in [0.2, 0.25) is 0 Å². The molecule has 1 aliphatic heterocycles. The minimum atomic E-state index is -4.40. The average molecular weight is 423 g/mol. The molecule has 0 radical (unpaired) electrons. The van der Waals surface area contributed by atoms with Crippen molar-refractivity contribution in [1.29, 1.82) is 0 Å². The van der Waals surface area contributed by atoms with Gasteiger partial charge in [-0.1, -0.05) is 12.1 Å². The highest BCUT2D eigenvalue weighted by Gasteiger charge is 2.31. The summed E-state index contributed by atoms with van der Waals surface area (Å²) in [4.78, 5) is 20.2. The number of methoxy groups -OCH3 is 2. The van der Waals surface area contributed by atoms with Crippen LogP contribution in [0.25, 0.3) is 0 Å². The number of amides is 1. The number of aryl methyl sites for hydroxylation is 1. The fourth-order valence-corrected chi connectivity index (χ4v) is 3.48. The zero-order valence-corrected chi connectivity index (χ0v) is 16.9. The van der Waals surface area contributed by atoms with E-state index in [-0.39, 0.29) is 5.91 Å². The van der Waals surface area contributed by atoms with E-state index < -0.39 is 11.7 Å². The van der Waals surface area contributed by atoms with E-state index in [4.69, 9.17) is 9.47 Å². The van der Waals surface area contributed by atoms with Gasteiger partial charge in [-0.05, 0) is 30.2 Å². The van der Waals surface area contributed by atoms with Gasteiger partial charge in [-0.15, -0.1) is 0 Å². The number of carbonyl (C=O) groups excluding carboxylic acids is 1. The second-order valence-corrected chi connectivity index (χ2v) is 6.92. The number of pyridine rings is 1. The Balaban J connectivity index is 1.53. The summed E-state index contributed by atoms with van der Waals surface area (Å²) in [6.07, 6.45) is -2.70. The number of ether oxygens (including phenoxy) is 2. The Hall–Kier alpha value is -2.97. The first kappa shape index (κ1) is 21.7. The third-order valence-electron chi connectivity index (χ3n) is 5.12. The van der Waals surface area contributed by atoms with Crippen molar-refractivity contribution in [1.82, 2.24) is 9.88 Å². The molecule has 1 aromatic carbocycles. The number of para-hydroxylation sites is 1. The van der Waals surface area contributed by atoms with Gasteiger partial charge in [-0.25, -0.2) is 4.98 Å². The predicted molar refractivity (Wildman–Crippen MR) is 106 cm³/mol. The molecule has 9 heteroatoms.